The van der Waals surface area contributed by atoms with Crippen molar-refractivity contribution in [2.75, 3.05) is 0 Å². The molecule has 144 valence electrons. The molecule has 1 aliphatic rings. The zero-order chi connectivity index (χ0) is 19.9. The first kappa shape index (κ1) is 18.6. The number of rotatable bonds is 4. The van der Waals surface area contributed by atoms with E-state index < -0.39 is 0 Å². The van der Waals surface area contributed by atoms with Gasteiger partial charge >= 0.3 is 0 Å². The molecule has 0 N–H and O–H groups in total. The second-order valence-corrected chi connectivity index (χ2v) is 8.67. The van der Waals surface area contributed by atoms with Gasteiger partial charge in [0.05, 0.1) is 5.56 Å². The highest BCUT2D eigenvalue weighted by molar-refractivity contribution is 5.65. The number of fused-ring (bicyclic) bond motifs is 1. The van der Waals surface area contributed by atoms with Gasteiger partial charge in [-0.3, -0.25) is 4.98 Å². The molecule has 0 atom stereocenters. The average molecular weight is 374 g/mol. The Morgan fingerprint density at radius 3 is 2.64 bits per heavy atom. The average Bonchev–Trinajstić information content (AvgIpc) is 3.13. The van der Waals surface area contributed by atoms with Gasteiger partial charge in [-0.2, -0.15) is 4.98 Å². The van der Waals surface area contributed by atoms with Crippen molar-refractivity contribution < 1.29 is 4.52 Å². The molecule has 0 amide bonds. The maximum atomic E-state index is 5.66. The zero-order valence-electron chi connectivity index (χ0n) is 17.2. The third-order valence-corrected chi connectivity index (χ3v) is 5.83. The fourth-order valence-corrected chi connectivity index (χ4v) is 4.27. The molecule has 0 aliphatic heterocycles. The normalized spacial score (nSPS) is 15.3. The molecule has 3 aromatic rings. The highest BCUT2D eigenvalue weighted by Gasteiger charge is 2.28. The molecule has 0 saturated heterocycles. The SMILES string of the molecule is C=CCc1c(C)cc(-c2noc(-c3cncc4c3CCC(C)(C)C4)n2)cc1C. The van der Waals surface area contributed by atoms with E-state index in [9.17, 15) is 0 Å². The minimum atomic E-state index is 0.315. The van der Waals surface area contributed by atoms with E-state index in [1.54, 1.807) is 0 Å². The Morgan fingerprint density at radius 1 is 1.18 bits per heavy atom. The van der Waals surface area contributed by atoms with Crippen LogP contribution in [-0.2, 0) is 19.3 Å². The van der Waals surface area contributed by atoms with Crippen molar-refractivity contribution in [1.29, 1.82) is 0 Å². The molecule has 1 aliphatic carbocycles. The van der Waals surface area contributed by atoms with Gasteiger partial charge < -0.3 is 4.52 Å². The van der Waals surface area contributed by atoms with Gasteiger partial charge in [0, 0.05) is 18.0 Å². The fourth-order valence-electron chi connectivity index (χ4n) is 4.27. The Balaban J connectivity index is 1.71. The van der Waals surface area contributed by atoms with Crippen LogP contribution in [0, 0.1) is 19.3 Å². The summed E-state index contributed by atoms with van der Waals surface area (Å²) in [5.41, 5.74) is 8.64. The first-order valence-corrected chi connectivity index (χ1v) is 9.89. The summed E-state index contributed by atoms with van der Waals surface area (Å²) in [7, 11) is 0. The lowest BCUT2D eigenvalue weighted by Gasteiger charge is -2.31. The number of allylic oxidation sites excluding steroid dienone is 1. The molecular weight excluding hydrogens is 346 g/mol. The lowest BCUT2D eigenvalue weighted by Crippen LogP contribution is -2.22. The van der Waals surface area contributed by atoms with E-state index in [0.717, 1.165) is 36.8 Å². The first-order chi connectivity index (χ1) is 13.4. The smallest absolute Gasteiger partial charge is 0.260 e. The molecular formula is C24H27N3O. The number of hydrogen-bond donors (Lipinski definition) is 0. The van der Waals surface area contributed by atoms with Gasteiger partial charge in [0.25, 0.3) is 5.89 Å². The molecule has 2 aromatic heterocycles. The Hall–Kier alpha value is -2.75. The van der Waals surface area contributed by atoms with E-state index in [0.29, 0.717) is 17.1 Å². The monoisotopic (exact) mass is 373 g/mol. The Bertz CT molecular complexity index is 1020. The van der Waals surface area contributed by atoms with Gasteiger partial charge in [-0.05, 0) is 84.9 Å². The number of aryl methyl sites for hydroxylation is 2. The van der Waals surface area contributed by atoms with Gasteiger partial charge in [-0.15, -0.1) is 6.58 Å². The molecule has 0 bridgehead atoms. The summed E-state index contributed by atoms with van der Waals surface area (Å²) in [5, 5.41) is 4.26. The molecule has 4 heteroatoms. The number of hydrogen-bond acceptors (Lipinski definition) is 4. The van der Waals surface area contributed by atoms with Crippen LogP contribution < -0.4 is 0 Å². The van der Waals surface area contributed by atoms with Gasteiger partial charge in [-0.25, -0.2) is 0 Å². The van der Waals surface area contributed by atoms with Crippen molar-refractivity contribution in [2.45, 2.75) is 53.4 Å². The predicted octanol–water partition coefficient (Wildman–Crippen LogP) is 5.66. The topological polar surface area (TPSA) is 51.8 Å². The summed E-state index contributed by atoms with van der Waals surface area (Å²) < 4.78 is 5.66. The molecule has 2 heterocycles. The van der Waals surface area contributed by atoms with Crippen LogP contribution in [0.2, 0.25) is 0 Å². The van der Waals surface area contributed by atoms with E-state index in [1.807, 2.05) is 18.5 Å². The number of benzene rings is 1. The largest absolute Gasteiger partial charge is 0.334 e. The molecule has 0 radical (unpaired) electrons. The maximum Gasteiger partial charge on any atom is 0.260 e. The van der Waals surface area contributed by atoms with E-state index in [1.165, 1.54) is 27.8 Å². The highest BCUT2D eigenvalue weighted by atomic mass is 16.5. The summed E-state index contributed by atoms with van der Waals surface area (Å²) in [6, 6.07) is 4.25. The van der Waals surface area contributed by atoms with Gasteiger partial charge in [0.15, 0.2) is 0 Å². The van der Waals surface area contributed by atoms with Gasteiger partial charge in [-0.1, -0.05) is 25.1 Å². The first-order valence-electron chi connectivity index (χ1n) is 9.89. The number of pyridine rings is 1. The minimum Gasteiger partial charge on any atom is -0.334 e. The standard InChI is InChI=1S/C24H27N3O/c1-6-7-19-15(2)10-17(11-16(19)3)22-26-23(28-27-22)21-14-25-13-18-12-24(4,5)9-8-20(18)21/h6,10-11,13-14H,1,7-9,12H2,2-5H3. The molecule has 1 aromatic carbocycles. The Kier molecular flexibility index (Phi) is 4.66. The van der Waals surface area contributed by atoms with Crippen LogP contribution in [-0.4, -0.2) is 15.1 Å². The molecule has 0 spiro atoms. The van der Waals surface area contributed by atoms with Crippen LogP contribution >= 0.6 is 0 Å². The van der Waals surface area contributed by atoms with Gasteiger partial charge in [0.2, 0.25) is 5.82 Å². The fraction of sp³-hybridized carbons (Fsp3) is 0.375. The van der Waals surface area contributed by atoms with Crippen molar-refractivity contribution in [3.05, 3.63) is 65.0 Å². The van der Waals surface area contributed by atoms with E-state index >= 15 is 0 Å². The third kappa shape index (κ3) is 3.39. The number of nitrogens with zero attached hydrogens (tertiary/aromatic N) is 3. The van der Waals surface area contributed by atoms with Crippen LogP contribution in [0.4, 0.5) is 0 Å². The quantitative estimate of drug-likeness (QED) is 0.554. The van der Waals surface area contributed by atoms with E-state index in [-0.39, 0.29) is 0 Å². The van der Waals surface area contributed by atoms with Crippen molar-refractivity contribution in [3.8, 4) is 22.8 Å². The molecule has 0 fully saturated rings. The summed E-state index contributed by atoms with van der Waals surface area (Å²) >= 11 is 0. The zero-order valence-corrected chi connectivity index (χ0v) is 17.2. The third-order valence-electron chi connectivity index (χ3n) is 5.83. The summed E-state index contributed by atoms with van der Waals surface area (Å²) in [6.45, 7) is 12.7. The molecule has 4 nitrogen and oxygen atoms in total. The van der Waals surface area contributed by atoms with Gasteiger partial charge in [0.1, 0.15) is 0 Å². The lowest BCUT2D eigenvalue weighted by molar-refractivity contribution is 0.314. The van der Waals surface area contributed by atoms with Crippen LogP contribution in [0.15, 0.2) is 41.7 Å². The second kappa shape index (κ2) is 7.01. The summed E-state index contributed by atoms with van der Waals surface area (Å²) in [4.78, 5) is 9.16. The van der Waals surface area contributed by atoms with Crippen LogP contribution in [0.5, 0.6) is 0 Å². The lowest BCUT2D eigenvalue weighted by atomic mass is 9.74. The van der Waals surface area contributed by atoms with Crippen molar-refractivity contribution in [3.63, 3.8) is 0 Å². The van der Waals surface area contributed by atoms with E-state index in [2.05, 4.69) is 56.5 Å². The Labute approximate surface area is 166 Å². The van der Waals surface area contributed by atoms with Crippen LogP contribution in [0.3, 0.4) is 0 Å². The van der Waals surface area contributed by atoms with Crippen molar-refractivity contribution in [1.82, 2.24) is 15.1 Å². The van der Waals surface area contributed by atoms with E-state index in [4.69, 9.17) is 9.51 Å². The van der Waals surface area contributed by atoms with Crippen molar-refractivity contribution in [2.24, 2.45) is 5.41 Å². The molecule has 0 unspecified atom stereocenters. The van der Waals surface area contributed by atoms with Crippen molar-refractivity contribution >= 4 is 0 Å². The maximum absolute atomic E-state index is 5.66. The molecule has 28 heavy (non-hydrogen) atoms. The number of aromatic nitrogens is 3. The summed E-state index contributed by atoms with van der Waals surface area (Å²) in [5.74, 6) is 1.18. The Morgan fingerprint density at radius 2 is 1.93 bits per heavy atom. The predicted molar refractivity (Wildman–Crippen MR) is 112 cm³/mol. The van der Waals surface area contributed by atoms with Crippen LogP contribution in [0.25, 0.3) is 22.8 Å². The molecule has 4 rings (SSSR count). The minimum absolute atomic E-state index is 0.315. The highest BCUT2D eigenvalue weighted by Crippen LogP contribution is 2.38. The molecule has 0 saturated carbocycles. The van der Waals surface area contributed by atoms with Crippen LogP contribution in [0.1, 0.15) is 48.1 Å². The second-order valence-electron chi connectivity index (χ2n) is 8.67. The summed E-state index contributed by atoms with van der Waals surface area (Å²) in [6.07, 6.45) is 9.86.